The summed E-state index contributed by atoms with van der Waals surface area (Å²) in [6.07, 6.45) is 17.5. The molecule has 21 heavy (non-hydrogen) atoms. The third-order valence-electron chi connectivity index (χ3n) is 6.26. The molecule has 120 valence electrons. The number of rotatable bonds is 6. The first-order chi connectivity index (χ1) is 10.3. The summed E-state index contributed by atoms with van der Waals surface area (Å²) in [4.78, 5) is 2.82. The normalized spacial score (nSPS) is 39.8. The Balaban J connectivity index is 1.69. The van der Waals surface area contributed by atoms with Crippen LogP contribution in [-0.2, 0) is 4.74 Å². The minimum atomic E-state index is 0.398. The third kappa shape index (κ3) is 2.82. The van der Waals surface area contributed by atoms with Crippen LogP contribution in [0.3, 0.4) is 0 Å². The Morgan fingerprint density at radius 3 is 2.90 bits per heavy atom. The number of ether oxygens (including phenoxy) is 1. The van der Waals surface area contributed by atoms with Crippen LogP contribution in [0.1, 0.15) is 77.6 Å². The molecule has 4 atom stereocenters. The molecule has 0 N–H and O–H groups in total. The van der Waals surface area contributed by atoms with Crippen molar-refractivity contribution in [2.24, 2.45) is 5.92 Å². The Morgan fingerprint density at radius 1 is 1.19 bits per heavy atom. The Kier molecular flexibility index (Phi) is 5.06. The average Bonchev–Trinajstić information content (AvgIpc) is 3.07. The lowest BCUT2D eigenvalue weighted by atomic mass is 9.71. The minimum absolute atomic E-state index is 0.398. The fourth-order valence-corrected chi connectivity index (χ4v) is 5.22. The van der Waals surface area contributed by atoms with Gasteiger partial charge < -0.3 is 4.74 Å². The Bertz CT molecular complexity index is 351. The van der Waals surface area contributed by atoms with Gasteiger partial charge in [0.2, 0.25) is 0 Å². The molecule has 1 aliphatic carbocycles. The van der Waals surface area contributed by atoms with Gasteiger partial charge in [0.15, 0.2) is 0 Å². The van der Waals surface area contributed by atoms with E-state index in [4.69, 9.17) is 4.74 Å². The Labute approximate surface area is 130 Å². The highest BCUT2D eigenvalue weighted by molar-refractivity contribution is 5.12. The highest BCUT2D eigenvalue weighted by atomic mass is 16.5. The van der Waals surface area contributed by atoms with Gasteiger partial charge >= 0.3 is 0 Å². The van der Waals surface area contributed by atoms with Crippen LogP contribution < -0.4 is 0 Å². The first kappa shape index (κ1) is 15.6. The summed E-state index contributed by atoms with van der Waals surface area (Å²) >= 11 is 0. The lowest BCUT2D eigenvalue weighted by Crippen LogP contribution is -2.54. The van der Waals surface area contributed by atoms with E-state index in [1.54, 1.807) is 0 Å². The smallest absolute Gasteiger partial charge is 0.111 e. The molecular formula is C19H33NO. The second-order valence-electron chi connectivity index (χ2n) is 7.43. The van der Waals surface area contributed by atoms with Crippen molar-refractivity contribution in [1.82, 2.24) is 4.90 Å². The van der Waals surface area contributed by atoms with Gasteiger partial charge in [0.25, 0.3) is 0 Å². The molecule has 0 aromatic heterocycles. The maximum atomic E-state index is 6.21. The van der Waals surface area contributed by atoms with E-state index < -0.39 is 0 Å². The third-order valence-corrected chi connectivity index (χ3v) is 6.26. The molecule has 3 rings (SSSR count). The molecule has 1 saturated carbocycles. The SMILES string of the molecule is C=C[C@@H]1CCCC[C@@]12CC[C@H]1COC(CCCCCC)N12. The predicted molar refractivity (Wildman–Crippen MR) is 88.2 cm³/mol. The van der Waals surface area contributed by atoms with Crippen LogP contribution in [0.5, 0.6) is 0 Å². The lowest BCUT2D eigenvalue weighted by Gasteiger charge is -2.48. The first-order valence-electron chi connectivity index (χ1n) is 9.34. The van der Waals surface area contributed by atoms with Gasteiger partial charge in [-0.05, 0) is 44.4 Å². The molecule has 2 nitrogen and oxygen atoms in total. The molecule has 0 bridgehead atoms. The van der Waals surface area contributed by atoms with Gasteiger partial charge in [-0.15, -0.1) is 6.58 Å². The van der Waals surface area contributed by atoms with Crippen molar-refractivity contribution in [3.63, 3.8) is 0 Å². The van der Waals surface area contributed by atoms with Gasteiger partial charge in [-0.25, -0.2) is 0 Å². The molecular weight excluding hydrogens is 258 g/mol. The van der Waals surface area contributed by atoms with E-state index in [0.717, 1.165) is 6.61 Å². The summed E-state index contributed by atoms with van der Waals surface area (Å²) < 4.78 is 6.21. The van der Waals surface area contributed by atoms with Crippen molar-refractivity contribution < 1.29 is 4.74 Å². The van der Waals surface area contributed by atoms with Crippen LogP contribution in [0, 0.1) is 5.92 Å². The summed E-state index contributed by atoms with van der Waals surface area (Å²) in [7, 11) is 0. The van der Waals surface area contributed by atoms with Crippen molar-refractivity contribution in [1.29, 1.82) is 0 Å². The van der Waals surface area contributed by atoms with E-state index in [1.165, 1.54) is 70.6 Å². The van der Waals surface area contributed by atoms with Gasteiger partial charge in [-0.3, -0.25) is 4.90 Å². The molecule has 0 aromatic carbocycles. The summed E-state index contributed by atoms with van der Waals surface area (Å²) in [6.45, 7) is 7.42. The Morgan fingerprint density at radius 2 is 2.10 bits per heavy atom. The molecule has 0 aromatic rings. The van der Waals surface area contributed by atoms with Crippen molar-refractivity contribution in [3.05, 3.63) is 12.7 Å². The molecule has 1 unspecified atom stereocenters. The summed E-state index contributed by atoms with van der Waals surface area (Å²) in [5.74, 6) is 0.691. The van der Waals surface area contributed by atoms with E-state index >= 15 is 0 Å². The van der Waals surface area contributed by atoms with Gasteiger partial charge in [0.1, 0.15) is 6.23 Å². The van der Waals surface area contributed by atoms with E-state index in [-0.39, 0.29) is 0 Å². The summed E-state index contributed by atoms with van der Waals surface area (Å²) in [5, 5.41) is 0. The number of nitrogens with zero attached hydrogens (tertiary/aromatic N) is 1. The van der Waals surface area contributed by atoms with Gasteiger partial charge in [0, 0.05) is 11.6 Å². The molecule has 2 heterocycles. The molecule has 2 heteroatoms. The zero-order valence-electron chi connectivity index (χ0n) is 13.9. The largest absolute Gasteiger partial charge is 0.361 e. The number of unbranched alkanes of at least 4 members (excludes halogenated alkanes) is 3. The fraction of sp³-hybridized carbons (Fsp3) is 0.895. The quantitative estimate of drug-likeness (QED) is 0.510. The van der Waals surface area contributed by atoms with Gasteiger partial charge in [-0.1, -0.05) is 45.1 Å². The minimum Gasteiger partial charge on any atom is -0.361 e. The average molecular weight is 291 g/mol. The van der Waals surface area contributed by atoms with Crippen molar-refractivity contribution >= 4 is 0 Å². The maximum Gasteiger partial charge on any atom is 0.111 e. The second kappa shape index (κ2) is 6.83. The molecule has 3 fully saturated rings. The van der Waals surface area contributed by atoms with Crippen molar-refractivity contribution in [2.45, 2.75) is 95.4 Å². The van der Waals surface area contributed by atoms with E-state index in [2.05, 4.69) is 24.5 Å². The highest BCUT2D eigenvalue weighted by Crippen LogP contribution is 2.51. The van der Waals surface area contributed by atoms with Crippen LogP contribution >= 0.6 is 0 Å². The molecule has 0 amide bonds. The van der Waals surface area contributed by atoms with Crippen LogP contribution in [0.25, 0.3) is 0 Å². The zero-order valence-corrected chi connectivity index (χ0v) is 13.9. The first-order valence-corrected chi connectivity index (χ1v) is 9.34. The molecule has 1 spiro atoms. The summed E-state index contributed by atoms with van der Waals surface area (Å²) in [6, 6.07) is 0.696. The highest BCUT2D eigenvalue weighted by Gasteiger charge is 2.55. The number of hydrogen-bond acceptors (Lipinski definition) is 2. The van der Waals surface area contributed by atoms with Crippen LogP contribution in [0.2, 0.25) is 0 Å². The van der Waals surface area contributed by atoms with E-state index in [1.807, 2.05) is 0 Å². The summed E-state index contributed by atoms with van der Waals surface area (Å²) in [5.41, 5.74) is 0.399. The number of hydrogen-bond donors (Lipinski definition) is 0. The van der Waals surface area contributed by atoms with Crippen molar-refractivity contribution in [2.75, 3.05) is 6.61 Å². The van der Waals surface area contributed by atoms with Gasteiger partial charge in [-0.2, -0.15) is 0 Å². The Hall–Kier alpha value is -0.340. The van der Waals surface area contributed by atoms with Crippen molar-refractivity contribution in [3.8, 4) is 0 Å². The fourth-order valence-electron chi connectivity index (χ4n) is 5.22. The second-order valence-corrected chi connectivity index (χ2v) is 7.43. The van der Waals surface area contributed by atoms with Gasteiger partial charge in [0.05, 0.1) is 6.61 Å². The predicted octanol–water partition coefficient (Wildman–Crippen LogP) is 4.89. The monoisotopic (exact) mass is 291 g/mol. The molecule has 2 saturated heterocycles. The zero-order chi connectivity index (χ0) is 14.7. The molecule has 3 aliphatic rings. The lowest BCUT2D eigenvalue weighted by molar-refractivity contribution is -0.0558. The molecule has 0 radical (unpaired) electrons. The number of fused-ring (bicyclic) bond motifs is 2. The van der Waals surface area contributed by atoms with E-state index in [0.29, 0.717) is 23.7 Å². The van der Waals surface area contributed by atoms with Crippen LogP contribution in [0.15, 0.2) is 12.7 Å². The topological polar surface area (TPSA) is 12.5 Å². The maximum absolute atomic E-state index is 6.21. The van der Waals surface area contributed by atoms with Crippen LogP contribution in [-0.4, -0.2) is 29.3 Å². The van der Waals surface area contributed by atoms with E-state index in [9.17, 15) is 0 Å². The molecule has 2 aliphatic heterocycles. The standard InChI is InChI=1S/C19H33NO/c1-3-5-6-7-11-18-20-17(15-21-18)12-14-19(20)13-9-8-10-16(19)4-2/h4,16-18H,2-3,5-15H2,1H3/t16-,17+,18?,19-/m1/s1. The van der Waals surface area contributed by atoms with Crippen LogP contribution in [0.4, 0.5) is 0 Å².